The molecule has 6 heteroatoms. The molecule has 2 heterocycles. The van der Waals surface area contributed by atoms with Crippen LogP contribution in [-0.2, 0) is 0 Å². The summed E-state index contributed by atoms with van der Waals surface area (Å²) in [5.74, 6) is -1.07. The molecule has 0 radical (unpaired) electrons. The van der Waals surface area contributed by atoms with Gasteiger partial charge in [-0.25, -0.2) is 4.79 Å². The molecule has 15 heavy (non-hydrogen) atoms. The number of oxazole rings is 1. The Bertz CT molecular complexity index is 363. The van der Waals surface area contributed by atoms with E-state index in [0.29, 0.717) is 0 Å². The standard InChI is InChI=1S/C9H13N3O3/c1-12-3-2-6(4-12)10-9-11-7(5-15-9)8(13)14/h5-6H,2-4H2,1H3,(H,10,11)(H,13,14). The van der Waals surface area contributed by atoms with Crippen molar-refractivity contribution in [2.24, 2.45) is 0 Å². The van der Waals surface area contributed by atoms with Crippen LogP contribution < -0.4 is 5.32 Å². The topological polar surface area (TPSA) is 78.6 Å². The Morgan fingerprint density at radius 3 is 3.13 bits per heavy atom. The maximum atomic E-state index is 10.5. The van der Waals surface area contributed by atoms with Gasteiger partial charge in [0.25, 0.3) is 6.01 Å². The molecule has 1 aliphatic rings. The number of hydrogen-bond donors (Lipinski definition) is 2. The maximum Gasteiger partial charge on any atom is 0.357 e. The minimum Gasteiger partial charge on any atom is -0.476 e. The van der Waals surface area contributed by atoms with E-state index in [1.54, 1.807) is 0 Å². The number of anilines is 1. The first-order valence-corrected chi connectivity index (χ1v) is 4.79. The summed E-state index contributed by atoms with van der Waals surface area (Å²) in [6, 6.07) is 0.572. The van der Waals surface area contributed by atoms with Crippen LogP contribution in [0.4, 0.5) is 6.01 Å². The molecule has 1 aromatic rings. The van der Waals surface area contributed by atoms with Crippen LogP contribution >= 0.6 is 0 Å². The Balaban J connectivity index is 1.96. The zero-order valence-electron chi connectivity index (χ0n) is 8.43. The van der Waals surface area contributed by atoms with Gasteiger partial charge in [0.1, 0.15) is 6.26 Å². The van der Waals surface area contributed by atoms with E-state index >= 15 is 0 Å². The number of likely N-dealkylation sites (tertiary alicyclic amines) is 1. The fraction of sp³-hybridized carbons (Fsp3) is 0.556. The quantitative estimate of drug-likeness (QED) is 0.757. The van der Waals surface area contributed by atoms with Crippen molar-refractivity contribution in [3.05, 3.63) is 12.0 Å². The average Bonchev–Trinajstić information content (AvgIpc) is 2.76. The molecule has 1 saturated heterocycles. The van der Waals surface area contributed by atoms with Gasteiger partial charge in [0, 0.05) is 12.6 Å². The normalized spacial score (nSPS) is 21.8. The molecule has 0 amide bonds. The summed E-state index contributed by atoms with van der Waals surface area (Å²) in [5.41, 5.74) is -0.0659. The Hall–Kier alpha value is -1.56. The fourth-order valence-electron chi connectivity index (χ4n) is 1.67. The van der Waals surface area contributed by atoms with E-state index in [9.17, 15) is 4.79 Å². The second-order valence-electron chi connectivity index (χ2n) is 3.74. The second kappa shape index (κ2) is 3.90. The van der Waals surface area contributed by atoms with Crippen molar-refractivity contribution in [3.63, 3.8) is 0 Å². The van der Waals surface area contributed by atoms with Crippen LogP contribution in [0, 0.1) is 0 Å². The summed E-state index contributed by atoms with van der Waals surface area (Å²) >= 11 is 0. The first-order chi connectivity index (χ1) is 7.15. The molecule has 1 unspecified atom stereocenters. The highest BCUT2D eigenvalue weighted by Crippen LogP contribution is 2.14. The van der Waals surface area contributed by atoms with Crippen LogP contribution in [0.5, 0.6) is 0 Å². The van der Waals surface area contributed by atoms with Gasteiger partial charge in [0.05, 0.1) is 0 Å². The Labute approximate surface area is 86.9 Å². The van der Waals surface area contributed by atoms with Gasteiger partial charge in [-0.1, -0.05) is 0 Å². The molecule has 82 valence electrons. The van der Waals surface area contributed by atoms with E-state index in [2.05, 4.69) is 15.2 Å². The zero-order valence-corrected chi connectivity index (χ0v) is 8.43. The third-order valence-electron chi connectivity index (χ3n) is 2.44. The summed E-state index contributed by atoms with van der Waals surface area (Å²) in [6.07, 6.45) is 2.16. The Morgan fingerprint density at radius 1 is 1.80 bits per heavy atom. The average molecular weight is 211 g/mol. The number of aromatic carboxylic acids is 1. The van der Waals surface area contributed by atoms with E-state index in [1.807, 2.05) is 7.05 Å². The third kappa shape index (κ3) is 2.27. The summed E-state index contributed by atoms with van der Waals surface area (Å²) in [4.78, 5) is 16.5. The highest BCUT2D eigenvalue weighted by atomic mass is 16.4. The minimum atomic E-state index is -1.07. The zero-order chi connectivity index (χ0) is 10.8. The number of carboxylic acid groups (broad SMARTS) is 1. The van der Waals surface area contributed by atoms with Crippen molar-refractivity contribution < 1.29 is 14.3 Å². The molecule has 2 N–H and O–H groups in total. The highest BCUT2D eigenvalue weighted by molar-refractivity contribution is 5.85. The van der Waals surface area contributed by atoms with E-state index in [4.69, 9.17) is 9.52 Å². The molecule has 2 rings (SSSR count). The lowest BCUT2D eigenvalue weighted by Gasteiger charge is -2.10. The van der Waals surface area contributed by atoms with Gasteiger partial charge >= 0.3 is 5.97 Å². The largest absolute Gasteiger partial charge is 0.476 e. The molecule has 1 fully saturated rings. The number of likely N-dealkylation sites (N-methyl/N-ethyl adjacent to an activating group) is 1. The maximum absolute atomic E-state index is 10.5. The molecule has 1 aliphatic heterocycles. The molecule has 0 bridgehead atoms. The summed E-state index contributed by atoms with van der Waals surface area (Å²) < 4.78 is 5.00. The number of carbonyl (C=O) groups is 1. The molecule has 1 atom stereocenters. The first-order valence-electron chi connectivity index (χ1n) is 4.79. The molecule has 0 aliphatic carbocycles. The van der Waals surface area contributed by atoms with Crippen molar-refractivity contribution in [2.45, 2.75) is 12.5 Å². The number of rotatable bonds is 3. The van der Waals surface area contributed by atoms with E-state index in [0.717, 1.165) is 25.8 Å². The summed E-state index contributed by atoms with van der Waals surface area (Å²) in [7, 11) is 2.04. The predicted octanol–water partition coefficient (Wildman–Crippen LogP) is 0.489. The third-order valence-corrected chi connectivity index (χ3v) is 2.44. The smallest absolute Gasteiger partial charge is 0.357 e. The molecule has 0 spiro atoms. The van der Waals surface area contributed by atoms with E-state index < -0.39 is 5.97 Å². The van der Waals surface area contributed by atoms with Crippen molar-refractivity contribution in [1.29, 1.82) is 0 Å². The molecule has 1 aromatic heterocycles. The number of nitrogens with zero attached hydrogens (tertiary/aromatic N) is 2. The van der Waals surface area contributed by atoms with Crippen LogP contribution in [0.1, 0.15) is 16.9 Å². The van der Waals surface area contributed by atoms with Crippen LogP contribution in [0.25, 0.3) is 0 Å². The van der Waals surface area contributed by atoms with Crippen molar-refractivity contribution in [2.75, 3.05) is 25.5 Å². The van der Waals surface area contributed by atoms with Gasteiger partial charge in [0.15, 0.2) is 5.69 Å². The van der Waals surface area contributed by atoms with Gasteiger partial charge in [-0.2, -0.15) is 4.98 Å². The van der Waals surface area contributed by atoms with Gasteiger partial charge < -0.3 is 19.7 Å². The fourth-order valence-corrected chi connectivity index (χ4v) is 1.67. The van der Waals surface area contributed by atoms with Gasteiger partial charge in [-0.3, -0.25) is 0 Å². The molecule has 6 nitrogen and oxygen atoms in total. The van der Waals surface area contributed by atoms with Crippen molar-refractivity contribution in [1.82, 2.24) is 9.88 Å². The van der Waals surface area contributed by atoms with Gasteiger partial charge in [-0.05, 0) is 20.0 Å². The highest BCUT2D eigenvalue weighted by Gasteiger charge is 2.21. The monoisotopic (exact) mass is 211 g/mol. The molecule has 0 saturated carbocycles. The van der Waals surface area contributed by atoms with Gasteiger partial charge in [0.2, 0.25) is 0 Å². The van der Waals surface area contributed by atoms with Crippen LogP contribution in [-0.4, -0.2) is 47.1 Å². The molecule has 0 aromatic carbocycles. The lowest BCUT2D eigenvalue weighted by atomic mass is 10.3. The van der Waals surface area contributed by atoms with Crippen LogP contribution in [0.15, 0.2) is 10.7 Å². The molecular weight excluding hydrogens is 198 g/mol. The second-order valence-corrected chi connectivity index (χ2v) is 3.74. The van der Waals surface area contributed by atoms with E-state index in [1.165, 1.54) is 0 Å². The van der Waals surface area contributed by atoms with Crippen molar-refractivity contribution in [3.8, 4) is 0 Å². The minimum absolute atomic E-state index is 0.0659. The summed E-state index contributed by atoms with van der Waals surface area (Å²) in [5, 5.41) is 11.7. The number of carboxylic acids is 1. The first kappa shape index (κ1) is 9.97. The van der Waals surface area contributed by atoms with Crippen LogP contribution in [0.3, 0.4) is 0 Å². The summed E-state index contributed by atoms with van der Waals surface area (Å²) in [6.45, 7) is 1.95. The number of nitrogens with one attached hydrogen (secondary N) is 1. The van der Waals surface area contributed by atoms with Crippen LogP contribution in [0.2, 0.25) is 0 Å². The van der Waals surface area contributed by atoms with Crippen molar-refractivity contribution >= 4 is 12.0 Å². The Kier molecular flexibility index (Phi) is 2.59. The number of aromatic nitrogens is 1. The molecular formula is C9H13N3O3. The lowest BCUT2D eigenvalue weighted by molar-refractivity contribution is 0.0690. The van der Waals surface area contributed by atoms with Gasteiger partial charge in [-0.15, -0.1) is 0 Å². The SMILES string of the molecule is CN1CCC(Nc2nc(C(=O)O)co2)C1. The predicted molar refractivity (Wildman–Crippen MR) is 53.0 cm³/mol. The number of hydrogen-bond acceptors (Lipinski definition) is 5. The lowest BCUT2D eigenvalue weighted by Crippen LogP contribution is -2.23. The Morgan fingerprint density at radius 2 is 2.60 bits per heavy atom. The van der Waals surface area contributed by atoms with E-state index in [-0.39, 0.29) is 17.8 Å².